The molecule has 1 heterocycles. The van der Waals surface area contributed by atoms with E-state index in [2.05, 4.69) is 4.98 Å². The fourth-order valence-corrected chi connectivity index (χ4v) is 1.14. The molecule has 0 saturated carbocycles. The largest absolute Gasteiger partial charge is 0.465 e. The van der Waals surface area contributed by atoms with Crippen LogP contribution in [0.1, 0.15) is 18.6 Å². The molecule has 0 fully saturated rings. The molecule has 0 aromatic carbocycles. The smallest absolute Gasteiger partial charge is 0.325 e. The number of aromatic nitrogens is 1. The summed E-state index contributed by atoms with van der Waals surface area (Å²) in [7, 11) is 0. The van der Waals surface area contributed by atoms with Gasteiger partial charge in [-0.3, -0.25) is 9.78 Å². The van der Waals surface area contributed by atoms with Gasteiger partial charge >= 0.3 is 5.97 Å². The third kappa shape index (κ3) is 3.00. The van der Waals surface area contributed by atoms with Gasteiger partial charge in [0, 0.05) is 12.4 Å². The average Bonchev–Trinajstić information content (AvgIpc) is 2.28. The van der Waals surface area contributed by atoms with Crippen LogP contribution >= 0.6 is 0 Å². The molecule has 0 saturated heterocycles. The summed E-state index contributed by atoms with van der Waals surface area (Å²) in [5, 5.41) is 9.73. The van der Waals surface area contributed by atoms with Crippen LogP contribution in [0.25, 0.3) is 0 Å². The molecule has 0 amide bonds. The van der Waals surface area contributed by atoms with E-state index in [1.807, 2.05) is 0 Å². The monoisotopic (exact) mass is 210 g/mol. The van der Waals surface area contributed by atoms with Crippen molar-refractivity contribution in [1.82, 2.24) is 4.98 Å². The fourth-order valence-electron chi connectivity index (χ4n) is 1.14. The summed E-state index contributed by atoms with van der Waals surface area (Å²) >= 11 is 0. The number of hydrogen-bond donors (Lipinski definition) is 2. The Bertz CT molecular complexity index is 316. The Labute approximate surface area is 87.9 Å². The molecule has 0 aliphatic rings. The molecule has 0 spiro atoms. The number of pyridine rings is 1. The zero-order valence-corrected chi connectivity index (χ0v) is 8.46. The lowest BCUT2D eigenvalue weighted by Gasteiger charge is -2.17. The Balaban J connectivity index is 2.68. The summed E-state index contributed by atoms with van der Waals surface area (Å²) in [5.41, 5.74) is 6.08. The Morgan fingerprint density at radius 1 is 1.60 bits per heavy atom. The minimum Gasteiger partial charge on any atom is -0.465 e. The number of nitrogens with two attached hydrogens (primary N) is 1. The second kappa shape index (κ2) is 5.43. The quantitative estimate of drug-likeness (QED) is 0.683. The summed E-state index contributed by atoms with van der Waals surface area (Å²) in [5.74, 6) is -0.609. The lowest BCUT2D eigenvalue weighted by Crippen LogP contribution is -2.38. The molecule has 0 bridgehead atoms. The maximum Gasteiger partial charge on any atom is 0.325 e. The van der Waals surface area contributed by atoms with Crippen molar-refractivity contribution in [2.24, 2.45) is 5.73 Å². The van der Waals surface area contributed by atoms with Crippen LogP contribution in [0.15, 0.2) is 24.5 Å². The molecule has 1 rings (SSSR count). The highest BCUT2D eigenvalue weighted by Crippen LogP contribution is 2.14. The van der Waals surface area contributed by atoms with Gasteiger partial charge in [-0.15, -0.1) is 0 Å². The number of carbonyl (C=O) groups is 1. The van der Waals surface area contributed by atoms with Crippen LogP contribution in [0.4, 0.5) is 0 Å². The number of aliphatic hydroxyl groups is 1. The van der Waals surface area contributed by atoms with E-state index in [0.717, 1.165) is 0 Å². The molecule has 2 unspecified atom stereocenters. The van der Waals surface area contributed by atoms with Gasteiger partial charge in [0.05, 0.1) is 6.61 Å². The maximum absolute atomic E-state index is 11.2. The van der Waals surface area contributed by atoms with Gasteiger partial charge in [0.1, 0.15) is 12.1 Å². The molecule has 15 heavy (non-hydrogen) atoms. The summed E-state index contributed by atoms with van der Waals surface area (Å²) in [6.45, 7) is 1.93. The van der Waals surface area contributed by atoms with Crippen LogP contribution in [0, 0.1) is 0 Å². The first-order valence-corrected chi connectivity index (χ1v) is 4.67. The minimum absolute atomic E-state index is 0.246. The maximum atomic E-state index is 11.2. The van der Waals surface area contributed by atoms with Crippen molar-refractivity contribution in [3.8, 4) is 0 Å². The van der Waals surface area contributed by atoms with Gasteiger partial charge in [-0.05, 0) is 24.6 Å². The number of ether oxygens (including phenoxy) is 1. The fraction of sp³-hybridized carbons (Fsp3) is 0.400. The lowest BCUT2D eigenvalue weighted by molar-refractivity contribution is -0.147. The average molecular weight is 210 g/mol. The van der Waals surface area contributed by atoms with E-state index in [1.165, 1.54) is 12.4 Å². The first kappa shape index (κ1) is 11.6. The number of hydrogen-bond acceptors (Lipinski definition) is 5. The predicted molar refractivity (Wildman–Crippen MR) is 53.8 cm³/mol. The molecular weight excluding hydrogens is 196 g/mol. The molecular formula is C10H14N2O3. The molecule has 1 aromatic rings. The van der Waals surface area contributed by atoms with E-state index in [4.69, 9.17) is 10.5 Å². The molecule has 3 N–H and O–H groups in total. The normalized spacial score (nSPS) is 14.3. The predicted octanol–water partition coefficient (Wildman–Crippen LogP) is 0.00540. The highest BCUT2D eigenvalue weighted by Gasteiger charge is 2.24. The third-order valence-corrected chi connectivity index (χ3v) is 1.95. The van der Waals surface area contributed by atoms with E-state index < -0.39 is 18.1 Å². The molecule has 1 aromatic heterocycles. The van der Waals surface area contributed by atoms with Crippen LogP contribution in [0.2, 0.25) is 0 Å². The molecule has 0 aliphatic carbocycles. The van der Waals surface area contributed by atoms with Crippen LogP contribution in [-0.2, 0) is 9.53 Å². The number of rotatable bonds is 4. The standard InChI is InChI=1S/C10H14N2O3/c1-2-15-10(14)8(11)9(13)7-3-5-12-6-4-7/h3-6,8-9,13H,2,11H2,1H3. The van der Waals surface area contributed by atoms with Crippen LogP contribution < -0.4 is 5.73 Å². The van der Waals surface area contributed by atoms with Gasteiger partial charge in [-0.25, -0.2) is 0 Å². The van der Waals surface area contributed by atoms with Crippen molar-refractivity contribution in [3.05, 3.63) is 30.1 Å². The van der Waals surface area contributed by atoms with Crippen molar-refractivity contribution in [1.29, 1.82) is 0 Å². The summed E-state index contributed by atoms with van der Waals surface area (Å²) in [6.07, 6.45) is 1.99. The zero-order valence-electron chi connectivity index (χ0n) is 8.46. The van der Waals surface area contributed by atoms with Crippen molar-refractivity contribution in [2.45, 2.75) is 19.1 Å². The molecule has 0 aliphatic heterocycles. The SMILES string of the molecule is CCOC(=O)C(N)C(O)c1ccncc1. The zero-order chi connectivity index (χ0) is 11.3. The second-order valence-corrected chi connectivity index (χ2v) is 3.00. The van der Waals surface area contributed by atoms with Gasteiger partial charge in [-0.2, -0.15) is 0 Å². The summed E-state index contributed by atoms with van der Waals surface area (Å²) < 4.78 is 4.71. The van der Waals surface area contributed by atoms with Gasteiger partial charge in [0.25, 0.3) is 0 Å². The van der Waals surface area contributed by atoms with Gasteiger partial charge in [-0.1, -0.05) is 0 Å². The molecule has 2 atom stereocenters. The first-order chi connectivity index (χ1) is 7.16. The van der Waals surface area contributed by atoms with E-state index >= 15 is 0 Å². The Kier molecular flexibility index (Phi) is 4.20. The molecule has 5 nitrogen and oxygen atoms in total. The Morgan fingerprint density at radius 3 is 2.73 bits per heavy atom. The van der Waals surface area contributed by atoms with Gasteiger partial charge < -0.3 is 15.6 Å². The number of esters is 1. The van der Waals surface area contributed by atoms with Crippen LogP contribution in [-0.4, -0.2) is 28.7 Å². The van der Waals surface area contributed by atoms with E-state index in [0.29, 0.717) is 5.56 Å². The second-order valence-electron chi connectivity index (χ2n) is 3.00. The first-order valence-electron chi connectivity index (χ1n) is 4.67. The van der Waals surface area contributed by atoms with Gasteiger partial charge in [0.2, 0.25) is 0 Å². The highest BCUT2D eigenvalue weighted by atomic mass is 16.5. The van der Waals surface area contributed by atoms with Crippen LogP contribution in [0.5, 0.6) is 0 Å². The molecule has 82 valence electrons. The van der Waals surface area contributed by atoms with E-state index in [9.17, 15) is 9.90 Å². The minimum atomic E-state index is -1.06. The number of carbonyl (C=O) groups excluding carboxylic acids is 1. The third-order valence-electron chi connectivity index (χ3n) is 1.95. The van der Waals surface area contributed by atoms with Crippen molar-refractivity contribution >= 4 is 5.97 Å². The lowest BCUT2D eigenvalue weighted by atomic mass is 10.0. The topological polar surface area (TPSA) is 85.4 Å². The Hall–Kier alpha value is -1.46. The summed E-state index contributed by atoms with van der Waals surface area (Å²) in [4.78, 5) is 15.0. The van der Waals surface area contributed by atoms with Crippen molar-refractivity contribution in [3.63, 3.8) is 0 Å². The summed E-state index contributed by atoms with van der Waals surface area (Å²) in [6, 6.07) is 2.14. The molecule has 0 radical (unpaired) electrons. The van der Waals surface area contributed by atoms with Crippen molar-refractivity contribution in [2.75, 3.05) is 6.61 Å². The van der Waals surface area contributed by atoms with Gasteiger partial charge in [0.15, 0.2) is 0 Å². The molecule has 5 heteroatoms. The Morgan fingerprint density at radius 2 is 2.20 bits per heavy atom. The highest BCUT2D eigenvalue weighted by molar-refractivity contribution is 5.76. The number of nitrogens with zero attached hydrogens (tertiary/aromatic N) is 1. The van der Waals surface area contributed by atoms with Crippen molar-refractivity contribution < 1.29 is 14.6 Å². The van der Waals surface area contributed by atoms with Crippen LogP contribution in [0.3, 0.4) is 0 Å². The van der Waals surface area contributed by atoms with E-state index in [1.54, 1.807) is 19.1 Å². The van der Waals surface area contributed by atoms with E-state index in [-0.39, 0.29) is 6.61 Å². The number of aliphatic hydroxyl groups excluding tert-OH is 1.